The Morgan fingerprint density at radius 2 is 2.12 bits per heavy atom. The normalized spacial score (nSPS) is 19.9. The molecule has 3 rings (SSSR count). The van der Waals surface area contributed by atoms with Crippen molar-refractivity contribution >= 4 is 11.6 Å². The van der Waals surface area contributed by atoms with Crippen LogP contribution in [0.2, 0.25) is 5.02 Å². The lowest BCUT2D eigenvalue weighted by Crippen LogP contribution is -2.17. The Balaban J connectivity index is 1.88. The van der Waals surface area contributed by atoms with Crippen molar-refractivity contribution in [3.05, 3.63) is 22.7 Å². The lowest BCUT2D eigenvalue weighted by molar-refractivity contribution is 0.174. The molecule has 1 aromatic carbocycles. The third-order valence-electron chi connectivity index (χ3n) is 3.46. The predicted octanol–water partition coefficient (Wildman–Crippen LogP) is 2.35. The Kier molecular flexibility index (Phi) is 2.26. The van der Waals surface area contributed by atoms with Gasteiger partial charge in [0.1, 0.15) is 0 Å². The Morgan fingerprint density at radius 3 is 2.81 bits per heavy atom. The lowest BCUT2D eigenvalue weighted by atomic mass is 9.96. The molecule has 1 heterocycles. The van der Waals surface area contributed by atoms with Gasteiger partial charge in [0.05, 0.1) is 5.02 Å². The summed E-state index contributed by atoms with van der Waals surface area (Å²) >= 11 is 6.13. The zero-order valence-corrected chi connectivity index (χ0v) is 9.72. The highest BCUT2D eigenvalue weighted by Crippen LogP contribution is 2.49. The number of halogens is 1. The third kappa shape index (κ3) is 1.64. The second-order valence-corrected chi connectivity index (χ2v) is 5.10. The fourth-order valence-electron chi connectivity index (χ4n) is 2.19. The highest BCUT2D eigenvalue weighted by molar-refractivity contribution is 6.32. The highest BCUT2D eigenvalue weighted by atomic mass is 35.5. The molecule has 86 valence electrons. The molecule has 0 unspecified atom stereocenters. The molecule has 1 aromatic rings. The van der Waals surface area contributed by atoms with E-state index in [4.69, 9.17) is 26.8 Å². The largest absolute Gasteiger partial charge is 0.454 e. The summed E-state index contributed by atoms with van der Waals surface area (Å²) in [6.45, 7) is 1.01. The minimum Gasteiger partial charge on any atom is -0.454 e. The minimum absolute atomic E-state index is 0.264. The van der Waals surface area contributed by atoms with Crippen molar-refractivity contribution in [1.82, 2.24) is 0 Å². The SMILES string of the molecule is NCC1(Cc2cc(Cl)c3c(c2)OCO3)CC1. The van der Waals surface area contributed by atoms with E-state index in [0.717, 1.165) is 18.7 Å². The van der Waals surface area contributed by atoms with Crippen LogP contribution in [0.15, 0.2) is 12.1 Å². The fraction of sp³-hybridized carbons (Fsp3) is 0.500. The van der Waals surface area contributed by atoms with Crippen LogP contribution in [-0.4, -0.2) is 13.3 Å². The number of rotatable bonds is 3. The number of hydrogen-bond donors (Lipinski definition) is 1. The first-order valence-electron chi connectivity index (χ1n) is 5.51. The van der Waals surface area contributed by atoms with Crippen LogP contribution in [-0.2, 0) is 6.42 Å². The van der Waals surface area contributed by atoms with Gasteiger partial charge in [-0.05, 0) is 48.9 Å². The first kappa shape index (κ1) is 10.2. The van der Waals surface area contributed by atoms with E-state index in [1.54, 1.807) is 0 Å². The fourth-order valence-corrected chi connectivity index (χ4v) is 2.47. The molecule has 16 heavy (non-hydrogen) atoms. The van der Waals surface area contributed by atoms with Crippen molar-refractivity contribution in [2.75, 3.05) is 13.3 Å². The van der Waals surface area contributed by atoms with E-state index in [1.807, 2.05) is 12.1 Å². The summed E-state index contributed by atoms with van der Waals surface area (Å²) in [5, 5.41) is 0.637. The number of fused-ring (bicyclic) bond motifs is 1. The average molecular weight is 240 g/mol. The lowest BCUT2D eigenvalue weighted by Gasteiger charge is -2.12. The molecule has 1 fully saturated rings. The van der Waals surface area contributed by atoms with E-state index in [2.05, 4.69) is 0 Å². The Hall–Kier alpha value is -0.930. The number of hydrogen-bond acceptors (Lipinski definition) is 3. The van der Waals surface area contributed by atoms with Crippen LogP contribution in [0, 0.1) is 5.41 Å². The predicted molar refractivity (Wildman–Crippen MR) is 62.0 cm³/mol. The second kappa shape index (κ2) is 3.54. The van der Waals surface area contributed by atoms with Gasteiger partial charge < -0.3 is 15.2 Å². The summed E-state index contributed by atoms with van der Waals surface area (Å²) in [7, 11) is 0. The maximum Gasteiger partial charge on any atom is 0.231 e. The summed E-state index contributed by atoms with van der Waals surface area (Å²) in [5.41, 5.74) is 7.29. The first-order valence-corrected chi connectivity index (χ1v) is 5.88. The third-order valence-corrected chi connectivity index (χ3v) is 3.74. The van der Waals surface area contributed by atoms with Gasteiger partial charge in [-0.2, -0.15) is 0 Å². The van der Waals surface area contributed by atoms with Crippen LogP contribution in [0.5, 0.6) is 11.5 Å². The number of nitrogens with two attached hydrogens (primary N) is 1. The molecule has 2 aliphatic rings. The monoisotopic (exact) mass is 239 g/mol. The summed E-state index contributed by atoms with van der Waals surface area (Å²) in [6, 6.07) is 3.98. The van der Waals surface area contributed by atoms with Gasteiger partial charge >= 0.3 is 0 Å². The van der Waals surface area contributed by atoms with E-state index in [-0.39, 0.29) is 6.79 Å². The zero-order valence-electron chi connectivity index (χ0n) is 8.96. The molecule has 0 spiro atoms. The van der Waals surface area contributed by atoms with Gasteiger partial charge in [-0.15, -0.1) is 0 Å². The Bertz CT molecular complexity index is 429. The standard InChI is InChI=1S/C12H14ClNO2/c13-9-3-8(5-12(6-14)1-2-12)4-10-11(9)16-7-15-10/h3-4H,1-2,5-7,14H2. The molecule has 2 N–H and O–H groups in total. The van der Waals surface area contributed by atoms with Crippen molar-refractivity contribution in [2.24, 2.45) is 11.1 Å². The molecule has 0 bridgehead atoms. The topological polar surface area (TPSA) is 44.5 Å². The highest BCUT2D eigenvalue weighted by Gasteiger charge is 2.41. The second-order valence-electron chi connectivity index (χ2n) is 4.69. The molecule has 3 nitrogen and oxygen atoms in total. The first-order chi connectivity index (χ1) is 7.72. The maximum absolute atomic E-state index is 6.13. The van der Waals surface area contributed by atoms with Crippen LogP contribution < -0.4 is 15.2 Å². The molecule has 0 amide bonds. The smallest absolute Gasteiger partial charge is 0.231 e. The molecule has 0 saturated heterocycles. The van der Waals surface area contributed by atoms with Gasteiger partial charge in [0, 0.05) is 0 Å². The van der Waals surface area contributed by atoms with Crippen molar-refractivity contribution in [1.29, 1.82) is 0 Å². The number of ether oxygens (including phenoxy) is 2. The van der Waals surface area contributed by atoms with Crippen molar-refractivity contribution in [2.45, 2.75) is 19.3 Å². The van der Waals surface area contributed by atoms with Crippen LogP contribution in [0.4, 0.5) is 0 Å². The molecule has 1 aliphatic heterocycles. The Morgan fingerprint density at radius 1 is 1.31 bits per heavy atom. The van der Waals surface area contributed by atoms with Crippen LogP contribution in [0.1, 0.15) is 18.4 Å². The van der Waals surface area contributed by atoms with E-state index in [0.29, 0.717) is 16.2 Å². The molecule has 4 heteroatoms. The van der Waals surface area contributed by atoms with Crippen molar-refractivity contribution in [3.8, 4) is 11.5 Å². The van der Waals surface area contributed by atoms with Crippen LogP contribution >= 0.6 is 11.6 Å². The van der Waals surface area contributed by atoms with Gasteiger partial charge in [-0.25, -0.2) is 0 Å². The van der Waals surface area contributed by atoms with Gasteiger partial charge in [-0.3, -0.25) is 0 Å². The van der Waals surface area contributed by atoms with Gasteiger partial charge in [-0.1, -0.05) is 11.6 Å². The quantitative estimate of drug-likeness (QED) is 0.881. The summed E-state index contributed by atoms with van der Waals surface area (Å²) < 4.78 is 10.6. The van der Waals surface area contributed by atoms with Gasteiger partial charge in [0.25, 0.3) is 0 Å². The maximum atomic E-state index is 6.13. The average Bonchev–Trinajstić information content (AvgIpc) is 2.87. The van der Waals surface area contributed by atoms with Crippen molar-refractivity contribution < 1.29 is 9.47 Å². The van der Waals surface area contributed by atoms with Crippen LogP contribution in [0.3, 0.4) is 0 Å². The molecule has 1 saturated carbocycles. The minimum atomic E-state index is 0.264. The zero-order chi connectivity index (χ0) is 11.2. The molecule has 0 aromatic heterocycles. The van der Waals surface area contributed by atoms with E-state index in [9.17, 15) is 0 Å². The van der Waals surface area contributed by atoms with Gasteiger partial charge in [0.2, 0.25) is 6.79 Å². The molecule has 0 atom stereocenters. The Labute approximate surface area is 99.5 Å². The molecule has 1 aliphatic carbocycles. The summed E-state index contributed by atoms with van der Waals surface area (Å²) in [6.07, 6.45) is 3.42. The van der Waals surface area contributed by atoms with Crippen LogP contribution in [0.25, 0.3) is 0 Å². The number of benzene rings is 1. The van der Waals surface area contributed by atoms with E-state index < -0.39 is 0 Å². The van der Waals surface area contributed by atoms with E-state index >= 15 is 0 Å². The van der Waals surface area contributed by atoms with Crippen molar-refractivity contribution in [3.63, 3.8) is 0 Å². The van der Waals surface area contributed by atoms with Gasteiger partial charge in [0.15, 0.2) is 11.5 Å². The molecular formula is C12H14ClNO2. The molecule has 0 radical (unpaired) electrons. The summed E-state index contributed by atoms with van der Waals surface area (Å²) in [5.74, 6) is 1.43. The van der Waals surface area contributed by atoms with E-state index in [1.165, 1.54) is 18.4 Å². The summed E-state index contributed by atoms with van der Waals surface area (Å²) in [4.78, 5) is 0. The molecular weight excluding hydrogens is 226 g/mol.